The van der Waals surface area contributed by atoms with Crippen molar-refractivity contribution < 1.29 is 17.6 Å². The molecule has 10 heteroatoms. The predicted octanol–water partition coefficient (Wildman–Crippen LogP) is 4.86. The Labute approximate surface area is 240 Å². The molecule has 7 rings (SSSR count). The summed E-state index contributed by atoms with van der Waals surface area (Å²) < 4.78 is 43.9. The predicted molar refractivity (Wildman–Crippen MR) is 153 cm³/mol. The number of likely N-dealkylation sites (tertiary alicyclic amines) is 1. The SMILES string of the molecule is C[C@@H]1CCN(C(=O)[C@@H]2N=C(C34CC(C3)C(N(Cc3ccc(Cl)c(F)c3)S(=O)(=O)c3ccccc3)C4)NC2(C)C)C1. The molecule has 3 saturated carbocycles. The summed E-state index contributed by atoms with van der Waals surface area (Å²) in [5.74, 6) is 0.974. The van der Waals surface area contributed by atoms with Gasteiger partial charge in [-0.1, -0.05) is 42.8 Å². The van der Waals surface area contributed by atoms with Gasteiger partial charge in [0, 0.05) is 31.1 Å². The monoisotopic (exact) mass is 586 g/mol. The van der Waals surface area contributed by atoms with Crippen molar-refractivity contribution in [2.75, 3.05) is 13.1 Å². The van der Waals surface area contributed by atoms with Gasteiger partial charge in [0.15, 0.2) is 6.04 Å². The van der Waals surface area contributed by atoms with Gasteiger partial charge in [0.25, 0.3) is 0 Å². The highest BCUT2D eigenvalue weighted by molar-refractivity contribution is 7.89. The van der Waals surface area contributed by atoms with Crippen LogP contribution in [0.25, 0.3) is 0 Å². The van der Waals surface area contributed by atoms with Crippen molar-refractivity contribution in [3.63, 3.8) is 0 Å². The highest BCUT2D eigenvalue weighted by Crippen LogP contribution is 2.62. The lowest BCUT2D eigenvalue weighted by Gasteiger charge is -2.40. The zero-order valence-electron chi connectivity index (χ0n) is 23.1. The number of aliphatic imine (C=N–C) groups is 1. The topological polar surface area (TPSA) is 82.1 Å². The van der Waals surface area contributed by atoms with Gasteiger partial charge in [-0.15, -0.1) is 0 Å². The normalized spacial score (nSPS) is 30.8. The molecular formula is C30H36ClFN4O3S. The molecule has 214 valence electrons. The molecule has 1 N–H and O–H groups in total. The van der Waals surface area contributed by atoms with Gasteiger partial charge in [-0.25, -0.2) is 12.8 Å². The van der Waals surface area contributed by atoms with Crippen molar-refractivity contribution in [3.8, 4) is 0 Å². The molecule has 3 aliphatic carbocycles. The number of amides is 1. The standard InChI is InChI=1S/C30H36ClFN4O3S/c1-19-11-12-35(17-19)27(37)26-29(2,3)34-28(33-26)30-14-21(15-30)25(16-30)36(18-20-9-10-23(31)24(32)13-20)40(38,39)22-7-5-4-6-8-22/h4-10,13,19,21,25-26H,11-12,14-18H2,1-3H3,(H,33,34)/t19-,21?,25?,26+,30?/m1/s1. The molecule has 0 aromatic heterocycles. The van der Waals surface area contributed by atoms with Gasteiger partial charge in [0.2, 0.25) is 15.9 Å². The third kappa shape index (κ3) is 4.64. The van der Waals surface area contributed by atoms with E-state index in [1.165, 1.54) is 12.1 Å². The average Bonchev–Trinajstić information content (AvgIpc) is 3.66. The van der Waals surface area contributed by atoms with E-state index in [2.05, 4.69) is 12.2 Å². The van der Waals surface area contributed by atoms with Crippen molar-refractivity contribution in [1.82, 2.24) is 14.5 Å². The molecular weight excluding hydrogens is 551 g/mol. The van der Waals surface area contributed by atoms with E-state index in [-0.39, 0.29) is 39.7 Å². The molecule has 2 bridgehead atoms. The van der Waals surface area contributed by atoms with Crippen LogP contribution in [0.5, 0.6) is 0 Å². The summed E-state index contributed by atoms with van der Waals surface area (Å²) >= 11 is 5.90. The summed E-state index contributed by atoms with van der Waals surface area (Å²) in [5.41, 5.74) is -0.273. The summed E-state index contributed by atoms with van der Waals surface area (Å²) in [7, 11) is -3.87. The maximum Gasteiger partial charge on any atom is 0.249 e. The van der Waals surface area contributed by atoms with E-state index in [4.69, 9.17) is 16.6 Å². The smallest absolute Gasteiger partial charge is 0.249 e. The number of nitrogens with one attached hydrogen (secondary N) is 1. The van der Waals surface area contributed by atoms with E-state index in [1.54, 1.807) is 40.7 Å². The Morgan fingerprint density at radius 1 is 1.18 bits per heavy atom. The molecule has 3 atom stereocenters. The molecule has 5 aliphatic rings. The first-order chi connectivity index (χ1) is 18.9. The van der Waals surface area contributed by atoms with Gasteiger partial charge in [0.1, 0.15) is 11.7 Å². The Bertz CT molecular complexity index is 1460. The molecule has 2 aliphatic heterocycles. The number of fused-ring (bicyclic) bond motifs is 1. The van der Waals surface area contributed by atoms with Gasteiger partial charge in [-0.05, 0) is 81.2 Å². The summed E-state index contributed by atoms with van der Waals surface area (Å²) in [6.07, 6.45) is 3.22. The minimum absolute atomic E-state index is 0.00344. The number of carbonyl (C=O) groups is 1. The number of carbonyl (C=O) groups excluding carboxylic acids is 1. The van der Waals surface area contributed by atoms with Gasteiger partial charge in [-0.3, -0.25) is 9.79 Å². The molecule has 4 fully saturated rings. The first-order valence-electron chi connectivity index (χ1n) is 14.1. The number of nitrogens with zero attached hydrogens (tertiary/aromatic N) is 3. The number of rotatable bonds is 7. The average molecular weight is 587 g/mol. The van der Waals surface area contributed by atoms with Crippen LogP contribution in [0.2, 0.25) is 5.02 Å². The third-order valence-corrected chi connectivity index (χ3v) is 11.5. The Hall–Kier alpha value is -2.49. The lowest BCUT2D eigenvalue weighted by molar-refractivity contribution is -0.132. The number of sulfonamides is 1. The van der Waals surface area contributed by atoms with Crippen LogP contribution in [-0.4, -0.2) is 60.1 Å². The van der Waals surface area contributed by atoms with E-state index in [1.807, 2.05) is 18.7 Å². The molecule has 1 amide bonds. The maximum atomic E-state index is 14.3. The van der Waals surface area contributed by atoms with Crippen LogP contribution >= 0.6 is 11.6 Å². The summed E-state index contributed by atoms with van der Waals surface area (Å²) in [6, 6.07) is 12.1. The summed E-state index contributed by atoms with van der Waals surface area (Å²) in [4.78, 5) is 20.6. The van der Waals surface area contributed by atoms with Crippen LogP contribution in [0, 0.1) is 23.1 Å². The zero-order valence-corrected chi connectivity index (χ0v) is 24.7. The van der Waals surface area contributed by atoms with Gasteiger partial charge in [0.05, 0.1) is 15.5 Å². The molecule has 2 heterocycles. The molecule has 1 saturated heterocycles. The third-order valence-electron chi connectivity index (χ3n) is 9.35. The largest absolute Gasteiger partial charge is 0.366 e. The van der Waals surface area contributed by atoms with Crippen molar-refractivity contribution in [2.24, 2.45) is 22.2 Å². The van der Waals surface area contributed by atoms with Crippen LogP contribution in [0.1, 0.15) is 52.0 Å². The van der Waals surface area contributed by atoms with E-state index < -0.39 is 27.4 Å². The van der Waals surface area contributed by atoms with Crippen molar-refractivity contribution in [2.45, 2.75) is 75.5 Å². The van der Waals surface area contributed by atoms with Crippen molar-refractivity contribution in [3.05, 3.63) is 64.9 Å². The number of halogens is 2. The van der Waals surface area contributed by atoms with Gasteiger partial charge in [-0.2, -0.15) is 4.31 Å². The highest BCUT2D eigenvalue weighted by Gasteiger charge is 2.63. The first-order valence-corrected chi connectivity index (χ1v) is 15.9. The molecule has 1 unspecified atom stereocenters. The summed E-state index contributed by atoms with van der Waals surface area (Å²) in [6.45, 7) is 7.79. The number of hydrogen-bond donors (Lipinski definition) is 1. The fourth-order valence-electron chi connectivity index (χ4n) is 7.14. The number of hydrogen-bond acceptors (Lipinski definition) is 5. The molecule has 2 aromatic carbocycles. The Morgan fingerprint density at radius 3 is 2.55 bits per heavy atom. The lowest BCUT2D eigenvalue weighted by Crippen LogP contribution is -2.54. The van der Waals surface area contributed by atoms with Crippen LogP contribution in [0.4, 0.5) is 4.39 Å². The number of amidine groups is 1. The summed E-state index contributed by atoms with van der Waals surface area (Å²) in [5, 5.41) is 3.58. The van der Waals surface area contributed by atoms with E-state index in [0.29, 0.717) is 17.9 Å². The fraction of sp³-hybridized carbons (Fsp3) is 0.533. The van der Waals surface area contributed by atoms with Gasteiger partial charge >= 0.3 is 0 Å². The molecule has 0 spiro atoms. The van der Waals surface area contributed by atoms with E-state index in [9.17, 15) is 17.6 Å². The second-order valence-corrected chi connectivity index (χ2v) is 15.0. The van der Waals surface area contributed by atoms with Gasteiger partial charge < -0.3 is 10.2 Å². The van der Waals surface area contributed by atoms with Crippen molar-refractivity contribution >= 4 is 33.4 Å². The quantitative estimate of drug-likeness (QED) is 0.503. The van der Waals surface area contributed by atoms with Crippen LogP contribution in [0.15, 0.2) is 58.4 Å². The Kier molecular flexibility index (Phi) is 6.78. The van der Waals surface area contributed by atoms with Crippen LogP contribution in [-0.2, 0) is 21.4 Å². The second kappa shape index (κ2) is 9.81. The number of benzene rings is 2. The second-order valence-electron chi connectivity index (χ2n) is 12.7. The fourth-order valence-corrected chi connectivity index (χ4v) is 8.95. The minimum Gasteiger partial charge on any atom is -0.366 e. The first kappa shape index (κ1) is 27.7. The Morgan fingerprint density at radius 2 is 1.90 bits per heavy atom. The lowest BCUT2D eigenvalue weighted by atomic mass is 9.68. The molecule has 40 heavy (non-hydrogen) atoms. The maximum absolute atomic E-state index is 14.3. The molecule has 7 nitrogen and oxygen atoms in total. The Balaban J connectivity index is 1.29. The van der Waals surface area contributed by atoms with Crippen molar-refractivity contribution in [1.29, 1.82) is 0 Å². The minimum atomic E-state index is -3.87. The molecule has 2 aromatic rings. The zero-order chi connectivity index (χ0) is 28.4. The van der Waals surface area contributed by atoms with E-state index >= 15 is 0 Å². The highest BCUT2D eigenvalue weighted by atomic mass is 35.5. The molecule has 0 radical (unpaired) electrons. The van der Waals surface area contributed by atoms with Crippen LogP contribution in [0.3, 0.4) is 0 Å². The van der Waals surface area contributed by atoms with Crippen LogP contribution < -0.4 is 5.32 Å². The van der Waals surface area contributed by atoms with E-state index in [0.717, 1.165) is 38.2 Å².